The molecule has 1 aliphatic heterocycles. The van der Waals surface area contributed by atoms with Crippen molar-refractivity contribution in [1.82, 2.24) is 15.1 Å². The molecule has 1 aliphatic rings. The van der Waals surface area contributed by atoms with Crippen LogP contribution in [0.3, 0.4) is 0 Å². The number of anilines is 1. The molecule has 0 unspecified atom stereocenters. The van der Waals surface area contributed by atoms with Gasteiger partial charge in [-0.1, -0.05) is 29.3 Å². The molecule has 2 aromatic rings. The largest absolute Gasteiger partial charge is 0.383 e. The summed E-state index contributed by atoms with van der Waals surface area (Å²) in [4.78, 5) is 23.2. The van der Waals surface area contributed by atoms with Crippen LogP contribution in [0.2, 0.25) is 10.0 Å². The van der Waals surface area contributed by atoms with E-state index >= 15 is 0 Å². The number of halogens is 2. The predicted molar refractivity (Wildman–Crippen MR) is 74.2 cm³/mol. The van der Waals surface area contributed by atoms with E-state index in [1.54, 1.807) is 18.2 Å². The number of hydrogen-bond donors (Lipinski definition) is 2. The lowest BCUT2D eigenvalue weighted by atomic mass is 10.1. The van der Waals surface area contributed by atoms with Crippen molar-refractivity contribution in [1.29, 1.82) is 0 Å². The van der Waals surface area contributed by atoms with E-state index in [0.29, 0.717) is 21.4 Å². The van der Waals surface area contributed by atoms with Gasteiger partial charge in [-0.15, -0.1) is 0 Å². The number of nitrogens with two attached hydrogens (primary N) is 1. The molecule has 6 nitrogen and oxygen atoms in total. The second kappa shape index (κ2) is 4.50. The predicted octanol–water partition coefficient (Wildman–Crippen LogP) is 1.57. The number of nitrogen functional groups attached to an aromatic ring is 1. The van der Waals surface area contributed by atoms with Gasteiger partial charge < -0.3 is 5.73 Å². The van der Waals surface area contributed by atoms with Crippen LogP contribution >= 0.6 is 23.2 Å². The smallest absolute Gasteiger partial charge is 0.263 e. The summed E-state index contributed by atoms with van der Waals surface area (Å²) in [5.74, 6) is -0.888. The first-order valence-corrected chi connectivity index (χ1v) is 6.40. The van der Waals surface area contributed by atoms with Crippen molar-refractivity contribution in [2.45, 2.75) is 6.42 Å². The van der Waals surface area contributed by atoms with E-state index in [-0.39, 0.29) is 17.8 Å². The lowest BCUT2D eigenvalue weighted by molar-refractivity contribution is -0.119. The number of imide groups is 1. The van der Waals surface area contributed by atoms with Crippen LogP contribution in [0.5, 0.6) is 0 Å². The van der Waals surface area contributed by atoms with Gasteiger partial charge in [0.2, 0.25) is 5.91 Å². The number of benzene rings is 1. The monoisotopic (exact) mass is 310 g/mol. The van der Waals surface area contributed by atoms with Gasteiger partial charge in [0.05, 0.1) is 22.2 Å². The highest BCUT2D eigenvalue weighted by molar-refractivity contribution is 6.37. The molecule has 0 aliphatic carbocycles. The Bertz CT molecular complexity index is 734. The Balaban J connectivity index is 2.25. The van der Waals surface area contributed by atoms with Crippen molar-refractivity contribution in [3.63, 3.8) is 0 Å². The molecule has 0 saturated heterocycles. The topological polar surface area (TPSA) is 90.0 Å². The van der Waals surface area contributed by atoms with Crippen LogP contribution in [0.15, 0.2) is 18.2 Å². The Hall–Kier alpha value is -2.05. The van der Waals surface area contributed by atoms with Crippen molar-refractivity contribution >= 4 is 40.8 Å². The Labute approximate surface area is 123 Å². The van der Waals surface area contributed by atoms with Crippen LogP contribution in [0.25, 0.3) is 5.69 Å². The number of hydrogen-bond acceptors (Lipinski definition) is 4. The number of para-hydroxylation sites is 1. The minimum absolute atomic E-state index is 0.0135. The molecule has 0 saturated carbocycles. The summed E-state index contributed by atoms with van der Waals surface area (Å²) in [5.41, 5.74) is 6.81. The van der Waals surface area contributed by atoms with Gasteiger partial charge in [-0.25, -0.2) is 4.68 Å². The van der Waals surface area contributed by atoms with Crippen molar-refractivity contribution in [3.05, 3.63) is 39.5 Å². The number of aromatic nitrogens is 2. The number of fused-ring (bicyclic) bond motifs is 1. The number of carbonyl (C=O) groups is 2. The van der Waals surface area contributed by atoms with E-state index < -0.39 is 11.8 Å². The zero-order chi connectivity index (χ0) is 14.4. The first kappa shape index (κ1) is 13.0. The third-order valence-corrected chi connectivity index (χ3v) is 3.56. The molecule has 0 fully saturated rings. The maximum absolute atomic E-state index is 11.8. The molecular formula is C12H8Cl2N4O2. The minimum Gasteiger partial charge on any atom is -0.383 e. The second-order valence-electron chi connectivity index (χ2n) is 4.24. The van der Waals surface area contributed by atoms with Gasteiger partial charge in [-0.2, -0.15) is 5.10 Å². The molecule has 1 aromatic heterocycles. The summed E-state index contributed by atoms with van der Waals surface area (Å²) in [6.07, 6.45) is -0.0135. The third-order valence-electron chi connectivity index (χ3n) is 2.95. The van der Waals surface area contributed by atoms with Gasteiger partial charge >= 0.3 is 0 Å². The van der Waals surface area contributed by atoms with Crippen molar-refractivity contribution in [2.75, 3.05) is 5.73 Å². The normalized spacial score (nSPS) is 14.1. The first-order chi connectivity index (χ1) is 9.49. The Morgan fingerprint density at radius 2 is 1.90 bits per heavy atom. The number of rotatable bonds is 1. The zero-order valence-electron chi connectivity index (χ0n) is 9.98. The molecule has 0 bridgehead atoms. The van der Waals surface area contributed by atoms with E-state index in [9.17, 15) is 9.59 Å². The quantitative estimate of drug-likeness (QED) is 0.782. The summed E-state index contributed by atoms with van der Waals surface area (Å²) in [5, 5.41) is 7.06. The van der Waals surface area contributed by atoms with Crippen LogP contribution in [0.1, 0.15) is 16.1 Å². The highest BCUT2D eigenvalue weighted by atomic mass is 35.5. The van der Waals surface area contributed by atoms with E-state index in [1.807, 2.05) is 0 Å². The molecule has 20 heavy (non-hydrogen) atoms. The molecule has 0 radical (unpaired) electrons. The summed E-state index contributed by atoms with van der Waals surface area (Å²) in [6.45, 7) is 0. The van der Waals surface area contributed by atoms with Crippen LogP contribution < -0.4 is 11.1 Å². The van der Waals surface area contributed by atoms with E-state index in [1.165, 1.54) is 4.68 Å². The molecule has 3 N–H and O–H groups in total. The first-order valence-electron chi connectivity index (χ1n) is 5.65. The Kier molecular flexibility index (Phi) is 2.92. The fourth-order valence-electron chi connectivity index (χ4n) is 2.10. The molecule has 102 valence electrons. The van der Waals surface area contributed by atoms with Crippen LogP contribution in [-0.4, -0.2) is 21.6 Å². The minimum atomic E-state index is -0.567. The van der Waals surface area contributed by atoms with Crippen LogP contribution in [0, 0.1) is 0 Å². The van der Waals surface area contributed by atoms with E-state index in [0.717, 1.165) is 0 Å². The highest BCUT2D eigenvalue weighted by Gasteiger charge is 2.30. The van der Waals surface area contributed by atoms with Gasteiger partial charge in [-0.05, 0) is 12.1 Å². The second-order valence-corrected chi connectivity index (χ2v) is 5.06. The molecule has 8 heteroatoms. The SMILES string of the molecule is Nc1c2c(nn1-c1c(Cl)cccc1Cl)CC(=O)NC2=O. The number of amides is 2. The van der Waals surface area contributed by atoms with Crippen molar-refractivity contribution in [2.24, 2.45) is 0 Å². The molecule has 0 spiro atoms. The molecule has 3 rings (SSSR count). The van der Waals surface area contributed by atoms with Gasteiger partial charge in [0.1, 0.15) is 17.1 Å². The lowest BCUT2D eigenvalue weighted by Gasteiger charge is -2.10. The number of carbonyl (C=O) groups excluding carboxylic acids is 2. The Morgan fingerprint density at radius 3 is 2.55 bits per heavy atom. The fraction of sp³-hybridized carbons (Fsp3) is 0.0833. The summed E-state index contributed by atoms with van der Waals surface area (Å²) in [7, 11) is 0. The molecule has 2 heterocycles. The molecule has 1 aromatic carbocycles. The average molecular weight is 311 g/mol. The maximum Gasteiger partial charge on any atom is 0.263 e. The zero-order valence-corrected chi connectivity index (χ0v) is 11.5. The maximum atomic E-state index is 11.8. The van der Waals surface area contributed by atoms with Gasteiger partial charge in [0.25, 0.3) is 5.91 Å². The highest BCUT2D eigenvalue weighted by Crippen LogP contribution is 2.32. The van der Waals surface area contributed by atoms with Crippen LogP contribution in [-0.2, 0) is 11.2 Å². The van der Waals surface area contributed by atoms with Crippen molar-refractivity contribution in [3.8, 4) is 5.69 Å². The van der Waals surface area contributed by atoms with Crippen molar-refractivity contribution < 1.29 is 9.59 Å². The summed E-state index contributed by atoms with van der Waals surface area (Å²) >= 11 is 12.2. The number of nitrogens with zero attached hydrogens (tertiary/aromatic N) is 2. The fourth-order valence-corrected chi connectivity index (χ4v) is 2.65. The third kappa shape index (κ3) is 1.85. The van der Waals surface area contributed by atoms with E-state index in [2.05, 4.69) is 10.4 Å². The lowest BCUT2D eigenvalue weighted by Crippen LogP contribution is -2.37. The van der Waals surface area contributed by atoms with Gasteiger partial charge in [0, 0.05) is 0 Å². The van der Waals surface area contributed by atoms with Gasteiger partial charge in [0.15, 0.2) is 0 Å². The Morgan fingerprint density at radius 1 is 1.25 bits per heavy atom. The number of nitrogens with one attached hydrogen (secondary N) is 1. The molecular weight excluding hydrogens is 303 g/mol. The molecule has 0 atom stereocenters. The standard InChI is InChI=1S/C12H8Cl2N4O2/c13-5-2-1-3-6(14)10(5)18-11(15)9-7(17-18)4-8(19)16-12(9)20/h1-3H,4,15H2,(H,16,19,20). The van der Waals surface area contributed by atoms with E-state index in [4.69, 9.17) is 28.9 Å². The molecule has 2 amide bonds. The van der Waals surface area contributed by atoms with Crippen LogP contribution in [0.4, 0.5) is 5.82 Å². The summed E-state index contributed by atoms with van der Waals surface area (Å²) < 4.78 is 1.29. The summed E-state index contributed by atoms with van der Waals surface area (Å²) in [6, 6.07) is 4.95. The average Bonchev–Trinajstić information content (AvgIpc) is 2.66. The van der Waals surface area contributed by atoms with Gasteiger partial charge in [-0.3, -0.25) is 14.9 Å².